The molecule has 0 fully saturated rings. The Morgan fingerprint density at radius 1 is 0.812 bits per heavy atom. The molecule has 4 heteroatoms. The summed E-state index contributed by atoms with van der Waals surface area (Å²) in [4.78, 5) is 11.0. The maximum Gasteiger partial charge on any atom is 0.416 e. The first-order valence-corrected chi connectivity index (χ1v) is 4.58. The zero-order valence-corrected chi connectivity index (χ0v) is 8.08. The van der Waals surface area contributed by atoms with Crippen LogP contribution in [0.4, 0.5) is 13.2 Å². The minimum absolute atomic E-state index is 0.232. The second-order valence-electron chi connectivity index (χ2n) is 3.41. The molecule has 16 heavy (non-hydrogen) atoms. The zero-order valence-electron chi connectivity index (χ0n) is 8.08. The van der Waals surface area contributed by atoms with E-state index in [4.69, 9.17) is 0 Å². The van der Waals surface area contributed by atoms with Crippen LogP contribution in [0.1, 0.15) is 5.56 Å². The highest BCUT2D eigenvalue weighted by Crippen LogP contribution is 2.30. The third-order valence-corrected chi connectivity index (χ3v) is 2.27. The monoisotopic (exact) mass is 224 g/mol. The first-order valence-electron chi connectivity index (χ1n) is 4.58. The number of halogens is 3. The minimum Gasteiger partial charge on any atom is -0.290 e. The van der Waals surface area contributed by atoms with Crippen molar-refractivity contribution in [1.82, 2.24) is 0 Å². The van der Waals surface area contributed by atoms with Crippen LogP contribution in [-0.2, 0) is 6.18 Å². The third kappa shape index (κ3) is 2.05. The summed E-state index contributed by atoms with van der Waals surface area (Å²) in [5, 5.41) is 1.01. The molecule has 0 radical (unpaired) electrons. The van der Waals surface area contributed by atoms with Crippen molar-refractivity contribution in [3.63, 3.8) is 0 Å². The van der Waals surface area contributed by atoms with E-state index in [2.05, 4.69) is 0 Å². The van der Waals surface area contributed by atoms with Crippen molar-refractivity contribution in [2.75, 3.05) is 0 Å². The number of alkyl halides is 3. The summed E-state index contributed by atoms with van der Waals surface area (Å²) in [6.45, 7) is 0. The van der Waals surface area contributed by atoms with Crippen LogP contribution in [0.5, 0.6) is 0 Å². The molecule has 0 bridgehead atoms. The Bertz CT molecular complexity index is 587. The van der Waals surface area contributed by atoms with Crippen LogP contribution < -0.4 is 5.43 Å². The van der Waals surface area contributed by atoms with Gasteiger partial charge in [-0.05, 0) is 35.0 Å². The van der Waals surface area contributed by atoms with Crippen molar-refractivity contribution in [1.29, 1.82) is 0 Å². The second-order valence-corrected chi connectivity index (χ2v) is 3.41. The van der Waals surface area contributed by atoms with Gasteiger partial charge in [0.1, 0.15) is 0 Å². The summed E-state index contributed by atoms with van der Waals surface area (Å²) in [6, 6.07) is 8.89. The van der Waals surface area contributed by atoms with Crippen molar-refractivity contribution in [2.24, 2.45) is 0 Å². The molecule has 0 aliphatic heterocycles. The van der Waals surface area contributed by atoms with Gasteiger partial charge in [0.2, 0.25) is 0 Å². The van der Waals surface area contributed by atoms with Gasteiger partial charge in [-0.3, -0.25) is 4.79 Å². The number of hydrogen-bond acceptors (Lipinski definition) is 1. The van der Waals surface area contributed by atoms with Crippen LogP contribution in [0.2, 0.25) is 0 Å². The lowest BCUT2D eigenvalue weighted by atomic mass is 10.1. The molecule has 2 aromatic carbocycles. The molecule has 0 aliphatic rings. The molecule has 0 aliphatic carbocycles. The summed E-state index contributed by atoms with van der Waals surface area (Å²) in [5.41, 5.74) is -0.941. The van der Waals surface area contributed by atoms with E-state index in [9.17, 15) is 18.0 Å². The lowest BCUT2D eigenvalue weighted by Gasteiger charge is -2.06. The number of benzene rings is 1. The minimum atomic E-state index is -4.36. The molecule has 0 spiro atoms. The van der Waals surface area contributed by atoms with Crippen LogP contribution in [0.3, 0.4) is 0 Å². The van der Waals surface area contributed by atoms with Crippen molar-refractivity contribution >= 4 is 10.8 Å². The van der Waals surface area contributed by atoms with Gasteiger partial charge in [0.25, 0.3) is 0 Å². The number of rotatable bonds is 0. The normalized spacial score (nSPS) is 11.7. The molecule has 0 aromatic heterocycles. The molecule has 0 unspecified atom stereocenters. The van der Waals surface area contributed by atoms with Gasteiger partial charge >= 0.3 is 6.18 Å². The highest BCUT2D eigenvalue weighted by molar-refractivity contribution is 5.82. The second kappa shape index (κ2) is 3.63. The van der Waals surface area contributed by atoms with Crippen LogP contribution in [0.25, 0.3) is 10.8 Å². The van der Waals surface area contributed by atoms with Crippen molar-refractivity contribution in [3.05, 3.63) is 58.3 Å². The van der Waals surface area contributed by atoms with Gasteiger partial charge in [0.05, 0.1) is 5.56 Å². The Morgan fingerprint density at radius 2 is 1.38 bits per heavy atom. The smallest absolute Gasteiger partial charge is 0.290 e. The van der Waals surface area contributed by atoms with E-state index in [1.165, 1.54) is 30.3 Å². The number of hydrogen-bond donors (Lipinski definition) is 0. The predicted molar refractivity (Wildman–Crippen MR) is 55.2 cm³/mol. The molecule has 0 saturated carbocycles. The number of fused-ring (bicyclic) bond motifs is 1. The van der Waals surface area contributed by atoms with Crippen LogP contribution in [0, 0.1) is 0 Å². The molecule has 0 N–H and O–H groups in total. The van der Waals surface area contributed by atoms with E-state index >= 15 is 0 Å². The fourth-order valence-electron chi connectivity index (χ4n) is 1.45. The summed E-state index contributed by atoms with van der Waals surface area (Å²) in [7, 11) is 0. The van der Waals surface area contributed by atoms with Gasteiger partial charge in [0, 0.05) is 0 Å². The summed E-state index contributed by atoms with van der Waals surface area (Å²) in [6.07, 6.45) is -4.36. The van der Waals surface area contributed by atoms with E-state index in [1.54, 1.807) is 0 Å². The molecule has 82 valence electrons. The van der Waals surface area contributed by atoms with Gasteiger partial charge in [0.15, 0.2) is 5.43 Å². The molecular weight excluding hydrogens is 217 g/mol. The molecule has 2 rings (SSSR count). The molecular formula is C12H7F3O. The highest BCUT2D eigenvalue weighted by Gasteiger charge is 2.30. The van der Waals surface area contributed by atoms with E-state index < -0.39 is 11.7 Å². The first kappa shape index (κ1) is 10.7. The average Bonchev–Trinajstić information content (AvgIpc) is 2.39. The largest absolute Gasteiger partial charge is 0.416 e. The maximum atomic E-state index is 12.4. The summed E-state index contributed by atoms with van der Waals surface area (Å²) < 4.78 is 37.3. The van der Waals surface area contributed by atoms with Crippen LogP contribution in [-0.4, -0.2) is 0 Å². The van der Waals surface area contributed by atoms with Crippen molar-refractivity contribution in [3.8, 4) is 0 Å². The molecule has 0 saturated heterocycles. The Labute approximate surface area is 89.1 Å². The fourth-order valence-corrected chi connectivity index (χ4v) is 1.45. The fraction of sp³-hybridized carbons (Fsp3) is 0.0833. The zero-order chi connectivity index (χ0) is 11.8. The van der Waals surface area contributed by atoms with E-state index in [0.29, 0.717) is 10.8 Å². The van der Waals surface area contributed by atoms with Crippen LogP contribution >= 0.6 is 0 Å². The Kier molecular flexibility index (Phi) is 2.42. The molecule has 0 heterocycles. The van der Waals surface area contributed by atoms with Gasteiger partial charge in [-0.25, -0.2) is 0 Å². The molecule has 2 aromatic rings. The third-order valence-electron chi connectivity index (χ3n) is 2.27. The van der Waals surface area contributed by atoms with Gasteiger partial charge in [-0.15, -0.1) is 0 Å². The van der Waals surface area contributed by atoms with E-state index in [-0.39, 0.29) is 5.43 Å². The first-order chi connectivity index (χ1) is 7.47. The standard InChI is InChI=1S/C12H7F3O/c13-12(14,15)10-4-1-8-2-5-11(16)6-3-9(8)7-10/h1-7H. The Balaban J connectivity index is 2.73. The van der Waals surface area contributed by atoms with Gasteiger partial charge in [-0.1, -0.05) is 18.2 Å². The highest BCUT2D eigenvalue weighted by atomic mass is 19.4. The van der Waals surface area contributed by atoms with Gasteiger partial charge in [-0.2, -0.15) is 13.2 Å². The van der Waals surface area contributed by atoms with Gasteiger partial charge < -0.3 is 0 Å². The average molecular weight is 224 g/mol. The van der Waals surface area contributed by atoms with E-state index in [0.717, 1.165) is 12.1 Å². The Hall–Kier alpha value is -1.84. The lowest BCUT2D eigenvalue weighted by molar-refractivity contribution is -0.137. The Morgan fingerprint density at radius 3 is 2.00 bits per heavy atom. The van der Waals surface area contributed by atoms with Crippen molar-refractivity contribution in [2.45, 2.75) is 6.18 Å². The SMILES string of the molecule is O=c1ccc2ccc(C(F)(F)F)cc2cc1. The predicted octanol–water partition coefficient (Wildman–Crippen LogP) is 3.22. The lowest BCUT2D eigenvalue weighted by Crippen LogP contribution is -2.03. The summed E-state index contributed by atoms with van der Waals surface area (Å²) >= 11 is 0. The topological polar surface area (TPSA) is 17.1 Å². The van der Waals surface area contributed by atoms with Crippen LogP contribution in [0.15, 0.2) is 47.3 Å². The van der Waals surface area contributed by atoms with Crippen molar-refractivity contribution < 1.29 is 13.2 Å². The summed E-state index contributed by atoms with van der Waals surface area (Å²) in [5.74, 6) is 0. The molecule has 0 atom stereocenters. The maximum absolute atomic E-state index is 12.4. The quantitative estimate of drug-likeness (QED) is 0.671. The molecule has 0 amide bonds. The van der Waals surface area contributed by atoms with E-state index in [1.807, 2.05) is 0 Å². The molecule has 1 nitrogen and oxygen atoms in total.